The van der Waals surface area contributed by atoms with Crippen LogP contribution < -0.4 is 9.46 Å². The lowest BCUT2D eigenvalue weighted by atomic mass is 10.0. The molecule has 1 rings (SSSR count). The van der Waals surface area contributed by atoms with E-state index in [2.05, 4.69) is 4.72 Å². The maximum absolute atomic E-state index is 12.4. The van der Waals surface area contributed by atoms with Crippen molar-refractivity contribution >= 4 is 27.6 Å². The fourth-order valence-corrected chi connectivity index (χ4v) is 3.51. The Bertz CT molecular complexity index is 627. The van der Waals surface area contributed by atoms with Gasteiger partial charge in [-0.15, -0.1) is 0 Å². The third-order valence-electron chi connectivity index (χ3n) is 2.79. The Morgan fingerprint density at radius 1 is 1.43 bits per heavy atom. The third-order valence-corrected chi connectivity index (χ3v) is 4.76. The largest absolute Gasteiger partial charge is 0.495 e. The van der Waals surface area contributed by atoms with E-state index in [1.807, 2.05) is 0 Å². The molecule has 0 unspecified atom stereocenters. The second-order valence-electron chi connectivity index (χ2n) is 5.18. The van der Waals surface area contributed by atoms with Crippen LogP contribution in [0.3, 0.4) is 0 Å². The van der Waals surface area contributed by atoms with Gasteiger partial charge in [0, 0.05) is 23.0 Å². The minimum absolute atomic E-state index is 0.0437. The first-order chi connectivity index (χ1) is 9.57. The zero-order chi connectivity index (χ0) is 16.3. The van der Waals surface area contributed by atoms with Gasteiger partial charge in [0.15, 0.2) is 0 Å². The highest BCUT2D eigenvalue weighted by Gasteiger charge is 2.28. The molecule has 0 heterocycles. The number of ether oxygens (including phenoxy) is 1. The van der Waals surface area contributed by atoms with Gasteiger partial charge < -0.3 is 9.84 Å². The highest BCUT2D eigenvalue weighted by molar-refractivity contribution is 7.89. The van der Waals surface area contributed by atoms with Crippen LogP contribution in [-0.2, 0) is 14.8 Å². The van der Waals surface area contributed by atoms with Gasteiger partial charge in [-0.3, -0.25) is 4.79 Å². The number of methoxy groups -OCH3 is 1. The van der Waals surface area contributed by atoms with E-state index in [1.54, 1.807) is 13.8 Å². The molecule has 0 aliphatic heterocycles. The molecule has 1 aromatic carbocycles. The molecule has 0 aliphatic carbocycles. The van der Waals surface area contributed by atoms with Crippen molar-refractivity contribution in [2.45, 2.75) is 37.1 Å². The van der Waals surface area contributed by atoms with E-state index >= 15 is 0 Å². The Balaban J connectivity index is 3.04. The number of hydrogen-bond acceptors (Lipinski definition) is 4. The summed E-state index contributed by atoms with van der Waals surface area (Å²) in [5.41, 5.74) is -0.901. The van der Waals surface area contributed by atoms with Crippen LogP contribution >= 0.6 is 11.6 Å². The fraction of sp³-hybridized carbons (Fsp3) is 0.462. The van der Waals surface area contributed by atoms with Crippen molar-refractivity contribution in [3.8, 4) is 5.75 Å². The first kappa shape index (κ1) is 17.7. The van der Waals surface area contributed by atoms with Gasteiger partial charge in [-0.2, -0.15) is 0 Å². The molecular weight excluding hydrogens is 318 g/mol. The van der Waals surface area contributed by atoms with Gasteiger partial charge in [-0.25, -0.2) is 13.1 Å². The van der Waals surface area contributed by atoms with Crippen molar-refractivity contribution in [1.29, 1.82) is 0 Å². The minimum Gasteiger partial charge on any atom is -0.495 e. The number of rotatable bonds is 7. The molecule has 0 radical (unpaired) electrons. The number of nitrogens with one attached hydrogen (secondary N) is 1. The van der Waals surface area contributed by atoms with Crippen LogP contribution in [0, 0.1) is 0 Å². The van der Waals surface area contributed by atoms with Crippen LogP contribution in [0.2, 0.25) is 5.02 Å². The lowest BCUT2D eigenvalue weighted by Gasteiger charge is -2.25. The van der Waals surface area contributed by atoms with Crippen molar-refractivity contribution < 1.29 is 23.1 Å². The summed E-state index contributed by atoms with van der Waals surface area (Å²) in [6, 6.07) is 4.19. The van der Waals surface area contributed by atoms with Crippen LogP contribution in [0.15, 0.2) is 23.1 Å². The molecule has 6 nitrogen and oxygen atoms in total. The molecule has 0 saturated heterocycles. The number of aliphatic carboxylic acids is 1. The SMILES string of the molecule is COc1cc(Cl)ccc1S(=O)(=O)NC(C)(C)CCC(=O)O. The number of benzene rings is 1. The van der Waals surface area contributed by atoms with Gasteiger partial charge in [0.1, 0.15) is 10.6 Å². The lowest BCUT2D eigenvalue weighted by Crippen LogP contribution is -2.43. The predicted molar refractivity (Wildman–Crippen MR) is 79.3 cm³/mol. The number of carboxylic acids is 1. The van der Waals surface area contributed by atoms with Crippen molar-refractivity contribution in [1.82, 2.24) is 4.72 Å². The molecule has 0 atom stereocenters. The van der Waals surface area contributed by atoms with Crippen LogP contribution in [0.1, 0.15) is 26.7 Å². The smallest absolute Gasteiger partial charge is 0.303 e. The van der Waals surface area contributed by atoms with Crippen molar-refractivity contribution in [2.24, 2.45) is 0 Å². The average molecular weight is 336 g/mol. The van der Waals surface area contributed by atoms with E-state index in [4.69, 9.17) is 21.4 Å². The maximum atomic E-state index is 12.4. The predicted octanol–water partition coefficient (Wildman–Crippen LogP) is 2.27. The second kappa shape index (κ2) is 6.64. The molecule has 0 fully saturated rings. The summed E-state index contributed by atoms with van der Waals surface area (Å²) in [6.07, 6.45) is 0.0325. The lowest BCUT2D eigenvalue weighted by molar-refractivity contribution is -0.137. The molecule has 118 valence electrons. The number of halogens is 1. The Morgan fingerprint density at radius 3 is 2.57 bits per heavy atom. The minimum atomic E-state index is -3.85. The van der Waals surface area contributed by atoms with Gasteiger partial charge in [0.05, 0.1) is 7.11 Å². The Kier molecular flexibility index (Phi) is 5.61. The maximum Gasteiger partial charge on any atom is 0.303 e. The summed E-state index contributed by atoms with van der Waals surface area (Å²) in [7, 11) is -2.50. The quantitative estimate of drug-likeness (QED) is 0.797. The van der Waals surface area contributed by atoms with Crippen LogP contribution in [-0.4, -0.2) is 32.1 Å². The van der Waals surface area contributed by atoms with E-state index in [9.17, 15) is 13.2 Å². The summed E-state index contributed by atoms with van der Waals surface area (Å²) in [6.45, 7) is 3.24. The average Bonchev–Trinajstić information content (AvgIpc) is 2.34. The Hall–Kier alpha value is -1.31. The summed E-state index contributed by atoms with van der Waals surface area (Å²) >= 11 is 5.80. The van der Waals surface area contributed by atoms with Crippen LogP contribution in [0.25, 0.3) is 0 Å². The van der Waals surface area contributed by atoms with Crippen molar-refractivity contribution in [3.63, 3.8) is 0 Å². The summed E-state index contributed by atoms with van der Waals surface area (Å²) in [4.78, 5) is 10.6. The molecule has 0 amide bonds. The Labute approximate surface area is 129 Å². The fourth-order valence-electron chi connectivity index (χ4n) is 1.75. The van der Waals surface area contributed by atoms with Gasteiger partial charge in [0.25, 0.3) is 0 Å². The van der Waals surface area contributed by atoms with E-state index in [0.29, 0.717) is 5.02 Å². The molecule has 0 spiro atoms. The van der Waals surface area contributed by atoms with E-state index in [-0.39, 0.29) is 23.5 Å². The summed E-state index contributed by atoms with van der Waals surface area (Å²) in [5, 5.41) is 9.05. The van der Waals surface area contributed by atoms with Crippen LogP contribution in [0.4, 0.5) is 0 Å². The van der Waals surface area contributed by atoms with Crippen molar-refractivity contribution in [3.05, 3.63) is 23.2 Å². The number of carboxylic acid groups (broad SMARTS) is 1. The standard InChI is InChI=1S/C13H18ClNO5S/c1-13(2,7-6-12(16)17)15-21(18,19)11-5-4-9(14)8-10(11)20-3/h4-5,8,15H,6-7H2,1-3H3,(H,16,17). The van der Waals surface area contributed by atoms with E-state index in [1.165, 1.54) is 25.3 Å². The van der Waals surface area contributed by atoms with Crippen molar-refractivity contribution in [2.75, 3.05) is 7.11 Å². The highest BCUT2D eigenvalue weighted by Crippen LogP contribution is 2.28. The van der Waals surface area contributed by atoms with E-state index < -0.39 is 21.5 Å². The first-order valence-corrected chi connectivity index (χ1v) is 8.03. The highest BCUT2D eigenvalue weighted by atomic mass is 35.5. The molecule has 8 heteroatoms. The van der Waals surface area contributed by atoms with Gasteiger partial charge in [-0.1, -0.05) is 11.6 Å². The van der Waals surface area contributed by atoms with Gasteiger partial charge >= 0.3 is 5.97 Å². The molecule has 0 bridgehead atoms. The molecular formula is C13H18ClNO5S. The van der Waals surface area contributed by atoms with Gasteiger partial charge in [0.2, 0.25) is 10.0 Å². The molecule has 0 aliphatic rings. The number of sulfonamides is 1. The zero-order valence-electron chi connectivity index (χ0n) is 12.0. The summed E-state index contributed by atoms with van der Waals surface area (Å²) < 4.78 is 32.3. The van der Waals surface area contributed by atoms with Crippen LogP contribution in [0.5, 0.6) is 5.75 Å². The van der Waals surface area contributed by atoms with Gasteiger partial charge in [-0.05, 0) is 32.4 Å². The molecule has 0 saturated carbocycles. The molecule has 1 aromatic rings. The first-order valence-electron chi connectivity index (χ1n) is 6.17. The zero-order valence-corrected chi connectivity index (χ0v) is 13.6. The molecule has 21 heavy (non-hydrogen) atoms. The molecule has 2 N–H and O–H groups in total. The third kappa shape index (κ3) is 5.18. The molecule has 0 aromatic heterocycles. The van der Waals surface area contributed by atoms with E-state index in [0.717, 1.165) is 0 Å². The summed E-state index contributed by atoms with van der Waals surface area (Å²) in [5.74, 6) is -0.851. The monoisotopic (exact) mass is 335 g/mol. The topological polar surface area (TPSA) is 92.7 Å². The number of carbonyl (C=O) groups is 1. The number of hydrogen-bond donors (Lipinski definition) is 2. The second-order valence-corrected chi connectivity index (χ2v) is 7.27. The normalized spacial score (nSPS) is 12.2. The Morgan fingerprint density at radius 2 is 2.05 bits per heavy atom.